The van der Waals surface area contributed by atoms with Gasteiger partial charge in [-0.1, -0.05) is 30.3 Å². The topological polar surface area (TPSA) is 67.4 Å². The van der Waals surface area contributed by atoms with Gasteiger partial charge < -0.3 is 15.4 Å². The van der Waals surface area contributed by atoms with Crippen LogP contribution in [0.5, 0.6) is 5.75 Å². The van der Waals surface area contributed by atoms with E-state index in [1.807, 2.05) is 62.4 Å². The van der Waals surface area contributed by atoms with Gasteiger partial charge in [0, 0.05) is 18.3 Å². The lowest BCUT2D eigenvalue weighted by atomic mass is 9.97. The molecule has 0 heterocycles. The van der Waals surface area contributed by atoms with Crippen molar-refractivity contribution in [1.29, 1.82) is 0 Å². The second-order valence-electron chi connectivity index (χ2n) is 6.89. The number of benzene rings is 3. The highest BCUT2D eigenvalue weighted by molar-refractivity contribution is 5.98. The number of amides is 2. The standard InChI is InChI=1S/C23H24N2O3/c1-14-5-9-20(13-22(14)24-16(3)26)25-23(27)15(2)17-6-7-19-12-21(28-4)10-8-18(19)11-17/h5-13,15H,1-4H3,(H,24,26)(H,25,27)/t15-/m0/s1. The van der Waals surface area contributed by atoms with Gasteiger partial charge in [-0.05, 0) is 60.0 Å². The van der Waals surface area contributed by atoms with Gasteiger partial charge in [0.05, 0.1) is 13.0 Å². The van der Waals surface area contributed by atoms with Crippen LogP contribution in [0.25, 0.3) is 10.8 Å². The number of aryl methyl sites for hydroxylation is 1. The first-order valence-electron chi connectivity index (χ1n) is 9.14. The second kappa shape index (κ2) is 8.13. The van der Waals surface area contributed by atoms with E-state index >= 15 is 0 Å². The first kappa shape index (κ1) is 19.4. The van der Waals surface area contributed by atoms with Crippen LogP contribution >= 0.6 is 0 Å². The van der Waals surface area contributed by atoms with Crippen molar-refractivity contribution in [3.05, 3.63) is 65.7 Å². The van der Waals surface area contributed by atoms with Crippen LogP contribution in [0.4, 0.5) is 11.4 Å². The van der Waals surface area contributed by atoms with Crippen LogP contribution in [0.2, 0.25) is 0 Å². The lowest BCUT2D eigenvalue weighted by Crippen LogP contribution is -2.19. The fourth-order valence-corrected chi connectivity index (χ4v) is 3.06. The molecule has 0 saturated carbocycles. The number of hydrogen-bond donors (Lipinski definition) is 2. The minimum atomic E-state index is -0.322. The Morgan fingerprint density at radius 2 is 1.64 bits per heavy atom. The SMILES string of the molecule is COc1ccc2cc([C@H](C)C(=O)Nc3ccc(C)c(NC(C)=O)c3)ccc2c1. The van der Waals surface area contributed by atoms with Gasteiger partial charge in [-0.15, -0.1) is 0 Å². The van der Waals surface area contributed by atoms with Crippen LogP contribution in [0, 0.1) is 6.92 Å². The summed E-state index contributed by atoms with van der Waals surface area (Å²) in [5.74, 6) is 0.232. The summed E-state index contributed by atoms with van der Waals surface area (Å²) < 4.78 is 5.26. The molecule has 3 aromatic carbocycles. The number of nitrogens with one attached hydrogen (secondary N) is 2. The number of ether oxygens (including phenoxy) is 1. The number of carbonyl (C=O) groups is 2. The molecule has 5 heteroatoms. The lowest BCUT2D eigenvalue weighted by Gasteiger charge is -2.15. The summed E-state index contributed by atoms with van der Waals surface area (Å²) in [6.07, 6.45) is 0. The quantitative estimate of drug-likeness (QED) is 0.668. The average molecular weight is 376 g/mol. The Kier molecular flexibility index (Phi) is 5.64. The van der Waals surface area contributed by atoms with Gasteiger partial charge in [0.25, 0.3) is 0 Å². The van der Waals surface area contributed by atoms with E-state index in [0.29, 0.717) is 11.4 Å². The molecule has 0 spiro atoms. The zero-order chi connectivity index (χ0) is 20.3. The van der Waals surface area contributed by atoms with Gasteiger partial charge in [0.15, 0.2) is 0 Å². The molecule has 0 aromatic heterocycles. The zero-order valence-corrected chi connectivity index (χ0v) is 16.5. The molecule has 0 bridgehead atoms. The molecule has 3 aromatic rings. The molecule has 2 amide bonds. The number of fused-ring (bicyclic) bond motifs is 1. The zero-order valence-electron chi connectivity index (χ0n) is 16.5. The Hall–Kier alpha value is -3.34. The van der Waals surface area contributed by atoms with Gasteiger partial charge in [-0.2, -0.15) is 0 Å². The number of carbonyl (C=O) groups excluding carboxylic acids is 2. The molecular formula is C23H24N2O3. The van der Waals surface area contributed by atoms with E-state index in [1.54, 1.807) is 13.2 Å². The first-order valence-corrected chi connectivity index (χ1v) is 9.14. The van der Waals surface area contributed by atoms with Gasteiger partial charge in [0.2, 0.25) is 11.8 Å². The van der Waals surface area contributed by atoms with Crippen molar-refractivity contribution in [2.24, 2.45) is 0 Å². The molecule has 2 N–H and O–H groups in total. The summed E-state index contributed by atoms with van der Waals surface area (Å²) in [5, 5.41) is 7.83. The predicted octanol–water partition coefficient (Wildman–Crippen LogP) is 4.86. The van der Waals surface area contributed by atoms with E-state index in [2.05, 4.69) is 10.6 Å². The first-order chi connectivity index (χ1) is 13.4. The Bertz CT molecular complexity index is 1040. The van der Waals surface area contributed by atoms with E-state index in [-0.39, 0.29) is 17.7 Å². The average Bonchev–Trinajstić information content (AvgIpc) is 2.68. The molecule has 0 fully saturated rings. The molecule has 5 nitrogen and oxygen atoms in total. The van der Waals surface area contributed by atoms with Gasteiger partial charge >= 0.3 is 0 Å². The molecule has 0 aliphatic rings. The fraction of sp³-hybridized carbons (Fsp3) is 0.217. The molecule has 0 unspecified atom stereocenters. The summed E-state index contributed by atoms with van der Waals surface area (Å²) >= 11 is 0. The van der Waals surface area contributed by atoms with Crippen LogP contribution in [0.1, 0.15) is 30.9 Å². The summed E-state index contributed by atoms with van der Waals surface area (Å²) in [6.45, 7) is 5.24. The maximum absolute atomic E-state index is 12.7. The van der Waals surface area contributed by atoms with Crippen LogP contribution in [-0.4, -0.2) is 18.9 Å². The molecule has 144 valence electrons. The summed E-state index contributed by atoms with van der Waals surface area (Å²) in [4.78, 5) is 24.1. The molecule has 0 aliphatic heterocycles. The van der Waals surface area contributed by atoms with E-state index < -0.39 is 0 Å². The highest BCUT2D eigenvalue weighted by atomic mass is 16.5. The molecule has 1 atom stereocenters. The van der Waals surface area contributed by atoms with Crippen molar-refractivity contribution < 1.29 is 14.3 Å². The molecule has 0 radical (unpaired) electrons. The van der Waals surface area contributed by atoms with Crippen molar-refractivity contribution in [3.8, 4) is 5.75 Å². The van der Waals surface area contributed by atoms with E-state index in [9.17, 15) is 9.59 Å². The summed E-state index contributed by atoms with van der Waals surface area (Å²) in [7, 11) is 1.64. The maximum atomic E-state index is 12.7. The van der Waals surface area contributed by atoms with Crippen molar-refractivity contribution in [3.63, 3.8) is 0 Å². The van der Waals surface area contributed by atoms with Crippen molar-refractivity contribution in [1.82, 2.24) is 0 Å². The lowest BCUT2D eigenvalue weighted by molar-refractivity contribution is -0.117. The van der Waals surface area contributed by atoms with E-state index in [4.69, 9.17) is 4.74 Å². The summed E-state index contributed by atoms with van der Waals surface area (Å²) in [5.41, 5.74) is 3.21. The highest BCUT2D eigenvalue weighted by Gasteiger charge is 2.16. The monoisotopic (exact) mass is 376 g/mol. The third-order valence-electron chi connectivity index (χ3n) is 4.78. The summed E-state index contributed by atoms with van der Waals surface area (Å²) in [6, 6.07) is 17.3. The minimum absolute atomic E-state index is 0.106. The normalized spacial score (nSPS) is 11.7. The minimum Gasteiger partial charge on any atom is -0.497 e. The van der Waals surface area contributed by atoms with E-state index in [0.717, 1.165) is 27.6 Å². The Morgan fingerprint density at radius 3 is 2.36 bits per heavy atom. The number of methoxy groups -OCH3 is 1. The van der Waals surface area contributed by atoms with Crippen molar-refractivity contribution >= 4 is 34.0 Å². The number of anilines is 2. The smallest absolute Gasteiger partial charge is 0.231 e. The fourth-order valence-electron chi connectivity index (χ4n) is 3.06. The van der Waals surface area contributed by atoms with Gasteiger partial charge in [-0.3, -0.25) is 9.59 Å². The van der Waals surface area contributed by atoms with Crippen LogP contribution < -0.4 is 15.4 Å². The molecule has 0 saturated heterocycles. The van der Waals surface area contributed by atoms with E-state index in [1.165, 1.54) is 6.92 Å². The third-order valence-corrected chi connectivity index (χ3v) is 4.78. The van der Waals surface area contributed by atoms with Gasteiger partial charge in [-0.25, -0.2) is 0 Å². The Labute approximate surface area is 164 Å². The van der Waals surface area contributed by atoms with Gasteiger partial charge in [0.1, 0.15) is 5.75 Å². The molecule has 28 heavy (non-hydrogen) atoms. The third kappa shape index (κ3) is 4.31. The number of rotatable bonds is 5. The maximum Gasteiger partial charge on any atom is 0.231 e. The number of hydrogen-bond acceptors (Lipinski definition) is 3. The highest BCUT2D eigenvalue weighted by Crippen LogP contribution is 2.27. The largest absolute Gasteiger partial charge is 0.497 e. The van der Waals surface area contributed by atoms with Crippen LogP contribution in [-0.2, 0) is 9.59 Å². The van der Waals surface area contributed by atoms with Crippen LogP contribution in [0.3, 0.4) is 0 Å². The predicted molar refractivity (Wildman–Crippen MR) is 113 cm³/mol. The van der Waals surface area contributed by atoms with Crippen molar-refractivity contribution in [2.75, 3.05) is 17.7 Å². The van der Waals surface area contributed by atoms with Crippen LogP contribution in [0.15, 0.2) is 54.6 Å². The Balaban J connectivity index is 1.79. The second-order valence-corrected chi connectivity index (χ2v) is 6.89. The molecule has 3 rings (SSSR count). The Morgan fingerprint density at radius 1 is 0.929 bits per heavy atom. The van der Waals surface area contributed by atoms with Crippen molar-refractivity contribution in [2.45, 2.75) is 26.7 Å². The molecule has 0 aliphatic carbocycles. The molecular weight excluding hydrogens is 352 g/mol.